The smallest absolute Gasteiger partial charge is 0.228 e. The Bertz CT molecular complexity index is 1180. The Morgan fingerprint density at radius 2 is 1.89 bits per heavy atom. The molecule has 1 saturated heterocycles. The van der Waals surface area contributed by atoms with E-state index in [9.17, 15) is 4.79 Å². The molecule has 1 aliphatic heterocycles. The van der Waals surface area contributed by atoms with Crippen molar-refractivity contribution in [2.24, 2.45) is 5.92 Å². The predicted molar refractivity (Wildman–Crippen MR) is 133 cm³/mol. The molecular weight excluding hydrogens is 466 g/mol. The molecule has 0 unspecified atom stereocenters. The number of hydrogen-bond donors (Lipinski definition) is 0. The van der Waals surface area contributed by atoms with Crippen molar-refractivity contribution in [1.82, 2.24) is 14.7 Å². The summed E-state index contributed by atoms with van der Waals surface area (Å²) in [7, 11) is 1.61. The molecule has 35 heavy (non-hydrogen) atoms. The van der Waals surface area contributed by atoms with Gasteiger partial charge in [0.25, 0.3) is 0 Å². The molecule has 1 aliphatic carbocycles. The summed E-state index contributed by atoms with van der Waals surface area (Å²) in [6.07, 6.45) is 3.99. The first kappa shape index (κ1) is 23.7. The Balaban J connectivity index is 1.54. The third-order valence-electron chi connectivity index (χ3n) is 6.52. The molecule has 8 heteroatoms. The molecule has 3 aromatic rings. The van der Waals surface area contributed by atoms with Crippen LogP contribution < -0.4 is 9.47 Å². The number of hydrogen-bond acceptors (Lipinski definition) is 5. The van der Waals surface area contributed by atoms with Gasteiger partial charge in [0.1, 0.15) is 0 Å². The van der Waals surface area contributed by atoms with E-state index in [0.29, 0.717) is 35.5 Å². The maximum atomic E-state index is 13.3. The summed E-state index contributed by atoms with van der Waals surface area (Å²) < 4.78 is 19.6. The lowest BCUT2D eigenvalue weighted by Gasteiger charge is -2.26. The summed E-state index contributed by atoms with van der Waals surface area (Å²) in [6, 6.07) is 14.9. The lowest BCUT2D eigenvalue weighted by molar-refractivity contribution is -0.134. The minimum absolute atomic E-state index is 0.0721. The number of benzene rings is 2. The second-order valence-electron chi connectivity index (χ2n) is 9.14. The van der Waals surface area contributed by atoms with Gasteiger partial charge in [-0.05, 0) is 69.0 Å². The molecule has 2 aromatic carbocycles. The minimum Gasteiger partial charge on any atom is -0.493 e. The fraction of sp³-hybridized carbons (Fsp3) is 0.407. The van der Waals surface area contributed by atoms with Crippen LogP contribution in [0.2, 0.25) is 5.02 Å². The van der Waals surface area contributed by atoms with Crippen molar-refractivity contribution in [3.63, 3.8) is 0 Å². The third-order valence-corrected chi connectivity index (χ3v) is 6.77. The van der Waals surface area contributed by atoms with E-state index >= 15 is 0 Å². The Kier molecular flexibility index (Phi) is 6.97. The average Bonchev–Trinajstić information content (AvgIpc) is 3.52. The standard InChI is InChI=1S/C27H30ClN3O4/c1-18-23(17-30(26(32)19-9-10-19)16-22-6-5-15-34-22)27(35-25-8-4-3-7-24(25)33-2)31(29-18)21-13-11-20(28)12-14-21/h3-4,7-8,11-14,19,22H,5-6,9-10,15-17H2,1-2H3/t22-/m1/s1. The van der Waals surface area contributed by atoms with Gasteiger partial charge in [0.05, 0.1) is 36.7 Å². The zero-order valence-corrected chi connectivity index (χ0v) is 20.8. The molecule has 0 N–H and O–H groups in total. The van der Waals surface area contributed by atoms with Crippen molar-refractivity contribution in [1.29, 1.82) is 0 Å². The molecule has 5 rings (SSSR count). The SMILES string of the molecule is COc1ccccc1Oc1c(CN(C[C@H]2CCCO2)C(=O)C2CC2)c(C)nn1-c1ccc(Cl)cc1. The molecule has 184 valence electrons. The second kappa shape index (κ2) is 10.3. The number of methoxy groups -OCH3 is 1. The van der Waals surface area contributed by atoms with Crippen molar-refractivity contribution in [3.8, 4) is 23.1 Å². The van der Waals surface area contributed by atoms with Crippen molar-refractivity contribution in [3.05, 3.63) is 64.8 Å². The summed E-state index contributed by atoms with van der Waals surface area (Å²) in [5.74, 6) is 2.04. The van der Waals surface area contributed by atoms with Crippen molar-refractivity contribution < 1.29 is 19.0 Å². The van der Waals surface area contributed by atoms with Gasteiger partial charge in [-0.15, -0.1) is 0 Å². The number of halogens is 1. The number of aryl methyl sites for hydroxylation is 1. The molecular formula is C27H30ClN3O4. The van der Waals surface area contributed by atoms with Crippen LogP contribution in [-0.4, -0.2) is 47.0 Å². The molecule has 0 radical (unpaired) electrons. The minimum atomic E-state index is 0.0721. The summed E-state index contributed by atoms with van der Waals surface area (Å²) in [5, 5.41) is 5.45. The van der Waals surface area contributed by atoms with E-state index in [1.165, 1.54) is 0 Å². The van der Waals surface area contributed by atoms with Crippen LogP contribution in [0.4, 0.5) is 0 Å². The van der Waals surface area contributed by atoms with Crippen LogP contribution in [0.5, 0.6) is 17.4 Å². The lowest BCUT2D eigenvalue weighted by atomic mass is 10.1. The van der Waals surface area contributed by atoms with Crippen LogP contribution in [0.25, 0.3) is 5.69 Å². The van der Waals surface area contributed by atoms with E-state index in [1.54, 1.807) is 11.8 Å². The normalized spacial score (nSPS) is 17.4. The molecule has 2 fully saturated rings. The predicted octanol–water partition coefficient (Wildman–Crippen LogP) is 5.55. The van der Waals surface area contributed by atoms with Crippen LogP contribution in [0, 0.1) is 12.8 Å². The molecule has 1 amide bonds. The van der Waals surface area contributed by atoms with Crippen LogP contribution in [0.15, 0.2) is 48.5 Å². The summed E-state index contributed by atoms with van der Waals surface area (Å²) in [6.45, 7) is 3.68. The summed E-state index contributed by atoms with van der Waals surface area (Å²) >= 11 is 6.13. The van der Waals surface area contributed by atoms with Gasteiger partial charge in [0, 0.05) is 24.1 Å². The topological polar surface area (TPSA) is 65.8 Å². The largest absolute Gasteiger partial charge is 0.493 e. The van der Waals surface area contributed by atoms with E-state index in [0.717, 1.165) is 49.2 Å². The average molecular weight is 496 g/mol. The van der Waals surface area contributed by atoms with Crippen molar-refractivity contribution >= 4 is 17.5 Å². The van der Waals surface area contributed by atoms with Crippen LogP contribution in [-0.2, 0) is 16.1 Å². The van der Waals surface area contributed by atoms with Gasteiger partial charge in [-0.2, -0.15) is 5.10 Å². The van der Waals surface area contributed by atoms with Gasteiger partial charge in [0.2, 0.25) is 11.8 Å². The number of carbonyl (C=O) groups excluding carboxylic acids is 1. The third kappa shape index (κ3) is 5.31. The fourth-order valence-electron chi connectivity index (χ4n) is 4.44. The number of ether oxygens (including phenoxy) is 3. The van der Waals surface area contributed by atoms with Gasteiger partial charge in [-0.25, -0.2) is 4.68 Å². The van der Waals surface area contributed by atoms with Gasteiger partial charge in [-0.1, -0.05) is 23.7 Å². The van der Waals surface area contributed by atoms with Gasteiger partial charge >= 0.3 is 0 Å². The highest BCUT2D eigenvalue weighted by Gasteiger charge is 2.36. The molecule has 0 spiro atoms. The number of aromatic nitrogens is 2. The Hall–Kier alpha value is -3.03. The molecule has 2 aliphatic rings. The highest BCUT2D eigenvalue weighted by molar-refractivity contribution is 6.30. The highest BCUT2D eigenvalue weighted by Crippen LogP contribution is 2.37. The second-order valence-corrected chi connectivity index (χ2v) is 9.57. The summed E-state index contributed by atoms with van der Waals surface area (Å²) in [5.41, 5.74) is 2.47. The van der Waals surface area contributed by atoms with E-state index in [4.69, 9.17) is 30.9 Å². The van der Waals surface area contributed by atoms with Gasteiger partial charge in [0.15, 0.2) is 11.5 Å². The molecule has 0 bridgehead atoms. The first-order valence-electron chi connectivity index (χ1n) is 12.1. The zero-order chi connectivity index (χ0) is 24.4. The Morgan fingerprint density at radius 1 is 1.14 bits per heavy atom. The van der Waals surface area contributed by atoms with Gasteiger partial charge in [-0.3, -0.25) is 4.79 Å². The number of rotatable bonds is 9. The van der Waals surface area contributed by atoms with Crippen LogP contribution in [0.3, 0.4) is 0 Å². The Labute approximate surface area is 210 Å². The molecule has 7 nitrogen and oxygen atoms in total. The first-order valence-corrected chi connectivity index (χ1v) is 12.5. The molecule has 2 heterocycles. The quantitative estimate of drug-likeness (QED) is 0.389. The maximum absolute atomic E-state index is 13.3. The molecule has 1 aromatic heterocycles. The Morgan fingerprint density at radius 3 is 2.54 bits per heavy atom. The lowest BCUT2D eigenvalue weighted by Crippen LogP contribution is -2.38. The van der Waals surface area contributed by atoms with Gasteiger partial charge < -0.3 is 19.1 Å². The number of para-hydroxylation sites is 2. The number of amides is 1. The zero-order valence-electron chi connectivity index (χ0n) is 20.1. The van der Waals surface area contributed by atoms with Crippen LogP contribution in [0.1, 0.15) is 36.9 Å². The number of nitrogens with zero attached hydrogens (tertiary/aromatic N) is 3. The van der Waals surface area contributed by atoms with E-state index in [-0.39, 0.29) is 17.9 Å². The van der Waals surface area contributed by atoms with E-state index in [2.05, 4.69) is 0 Å². The highest BCUT2D eigenvalue weighted by atomic mass is 35.5. The maximum Gasteiger partial charge on any atom is 0.228 e. The molecule has 1 atom stereocenters. The first-order chi connectivity index (χ1) is 17.0. The fourth-order valence-corrected chi connectivity index (χ4v) is 4.56. The van der Waals surface area contributed by atoms with Crippen LogP contribution >= 0.6 is 11.6 Å². The summed E-state index contributed by atoms with van der Waals surface area (Å²) in [4.78, 5) is 15.2. The van der Waals surface area contributed by atoms with E-state index < -0.39 is 0 Å². The number of carbonyl (C=O) groups is 1. The van der Waals surface area contributed by atoms with Crippen molar-refractivity contribution in [2.75, 3.05) is 20.3 Å². The molecule has 1 saturated carbocycles. The monoisotopic (exact) mass is 495 g/mol. The van der Waals surface area contributed by atoms with E-state index in [1.807, 2.05) is 60.4 Å². The van der Waals surface area contributed by atoms with Crippen molar-refractivity contribution in [2.45, 2.75) is 45.3 Å².